The Morgan fingerprint density at radius 1 is 1.15 bits per heavy atom. The lowest BCUT2D eigenvalue weighted by atomic mass is 10.0. The second-order valence-corrected chi connectivity index (χ2v) is 6.52. The highest BCUT2D eigenvalue weighted by molar-refractivity contribution is 5.93. The first-order valence-electron chi connectivity index (χ1n) is 9.27. The van der Waals surface area contributed by atoms with E-state index in [4.69, 9.17) is 4.74 Å². The minimum absolute atomic E-state index is 0.0739. The van der Waals surface area contributed by atoms with Gasteiger partial charge in [0.2, 0.25) is 5.95 Å². The van der Waals surface area contributed by atoms with E-state index in [0.29, 0.717) is 37.8 Å². The second kappa shape index (κ2) is 7.83. The van der Waals surface area contributed by atoms with Crippen LogP contribution in [0.3, 0.4) is 0 Å². The molecule has 0 radical (unpaired) electrons. The van der Waals surface area contributed by atoms with E-state index in [9.17, 15) is 4.79 Å². The summed E-state index contributed by atoms with van der Waals surface area (Å²) in [6, 6.07) is 0. The van der Waals surface area contributed by atoms with Gasteiger partial charge >= 0.3 is 0 Å². The Labute approximate surface area is 157 Å². The number of rotatable bonds is 4. The number of fused-ring (bicyclic) bond motifs is 1. The molecule has 1 N–H and O–H groups in total. The van der Waals surface area contributed by atoms with Crippen LogP contribution in [-0.4, -0.2) is 70.1 Å². The monoisotopic (exact) mass is 369 g/mol. The number of nitrogens with zero attached hydrogens (tertiary/aromatic N) is 6. The summed E-state index contributed by atoms with van der Waals surface area (Å²) in [5.74, 6) is 1.44. The SMILES string of the molecule is CCNc1ncc(C(=O)N2CCc3c(ncnc3N3CCOCC3)C2)cn1. The molecule has 0 unspecified atom stereocenters. The van der Waals surface area contributed by atoms with Crippen LogP contribution in [-0.2, 0) is 17.7 Å². The maximum absolute atomic E-state index is 12.8. The van der Waals surface area contributed by atoms with Gasteiger partial charge in [-0.2, -0.15) is 0 Å². The first kappa shape index (κ1) is 17.6. The average Bonchev–Trinajstić information content (AvgIpc) is 2.74. The van der Waals surface area contributed by atoms with Crippen molar-refractivity contribution in [3.63, 3.8) is 0 Å². The van der Waals surface area contributed by atoms with Gasteiger partial charge < -0.3 is 19.9 Å². The van der Waals surface area contributed by atoms with Crippen LogP contribution in [0.25, 0.3) is 0 Å². The zero-order valence-electron chi connectivity index (χ0n) is 15.4. The van der Waals surface area contributed by atoms with Crippen molar-refractivity contribution in [3.05, 3.63) is 35.5 Å². The van der Waals surface area contributed by atoms with Crippen molar-refractivity contribution in [2.75, 3.05) is 49.6 Å². The van der Waals surface area contributed by atoms with Gasteiger partial charge in [0.25, 0.3) is 5.91 Å². The molecule has 1 amide bonds. The number of aromatic nitrogens is 4. The third-order valence-corrected chi connectivity index (χ3v) is 4.82. The lowest BCUT2D eigenvalue weighted by molar-refractivity contribution is 0.0730. The van der Waals surface area contributed by atoms with Gasteiger partial charge in [0.05, 0.1) is 31.0 Å². The van der Waals surface area contributed by atoms with Gasteiger partial charge in [0.15, 0.2) is 0 Å². The van der Waals surface area contributed by atoms with E-state index in [1.165, 1.54) is 0 Å². The molecule has 2 aromatic heterocycles. The molecule has 1 fully saturated rings. The van der Waals surface area contributed by atoms with E-state index in [2.05, 4.69) is 30.2 Å². The zero-order valence-corrected chi connectivity index (χ0v) is 15.4. The molecule has 142 valence electrons. The van der Waals surface area contributed by atoms with Gasteiger partial charge in [-0.1, -0.05) is 0 Å². The predicted octanol–water partition coefficient (Wildman–Crippen LogP) is 0.734. The van der Waals surface area contributed by atoms with E-state index in [1.807, 2.05) is 6.92 Å². The molecular formula is C18H23N7O2. The average molecular weight is 369 g/mol. The normalized spacial score (nSPS) is 16.8. The predicted molar refractivity (Wildman–Crippen MR) is 99.7 cm³/mol. The first-order chi connectivity index (χ1) is 13.3. The summed E-state index contributed by atoms with van der Waals surface area (Å²) in [5, 5.41) is 3.03. The van der Waals surface area contributed by atoms with Crippen LogP contribution in [0, 0.1) is 0 Å². The van der Waals surface area contributed by atoms with Crippen LogP contribution in [0.4, 0.5) is 11.8 Å². The van der Waals surface area contributed by atoms with E-state index in [1.54, 1.807) is 23.6 Å². The quantitative estimate of drug-likeness (QED) is 0.843. The number of hydrogen-bond donors (Lipinski definition) is 1. The van der Waals surface area contributed by atoms with E-state index < -0.39 is 0 Å². The van der Waals surface area contributed by atoms with Crippen molar-refractivity contribution in [2.45, 2.75) is 19.9 Å². The van der Waals surface area contributed by atoms with Crippen LogP contribution in [0.5, 0.6) is 0 Å². The molecule has 0 bridgehead atoms. The number of carbonyl (C=O) groups is 1. The molecule has 27 heavy (non-hydrogen) atoms. The Morgan fingerprint density at radius 2 is 1.93 bits per heavy atom. The molecule has 2 aliphatic heterocycles. The van der Waals surface area contributed by atoms with Crippen molar-refractivity contribution in [2.24, 2.45) is 0 Å². The smallest absolute Gasteiger partial charge is 0.257 e. The highest BCUT2D eigenvalue weighted by Crippen LogP contribution is 2.26. The standard InChI is InChI=1S/C18H23N7O2/c1-2-19-18-20-9-13(10-21-18)17(26)25-4-3-14-15(11-25)22-12-23-16(14)24-5-7-27-8-6-24/h9-10,12H,2-8,11H2,1H3,(H,19,20,21). The van der Waals surface area contributed by atoms with Gasteiger partial charge in [0, 0.05) is 44.1 Å². The summed E-state index contributed by atoms with van der Waals surface area (Å²) in [4.78, 5) is 34.2. The van der Waals surface area contributed by atoms with Crippen molar-refractivity contribution < 1.29 is 9.53 Å². The number of hydrogen-bond acceptors (Lipinski definition) is 8. The summed E-state index contributed by atoms with van der Waals surface area (Å²) in [6.07, 6.45) is 5.47. The van der Waals surface area contributed by atoms with Crippen LogP contribution >= 0.6 is 0 Å². The molecular weight excluding hydrogens is 346 g/mol. The fourth-order valence-electron chi connectivity index (χ4n) is 3.43. The van der Waals surface area contributed by atoms with Gasteiger partial charge in [-0.05, 0) is 13.3 Å². The van der Waals surface area contributed by atoms with Crippen molar-refractivity contribution in [1.29, 1.82) is 0 Å². The Hall–Kier alpha value is -2.81. The maximum atomic E-state index is 12.8. The summed E-state index contributed by atoms with van der Waals surface area (Å²) in [7, 11) is 0. The summed E-state index contributed by atoms with van der Waals surface area (Å²) in [6.45, 7) is 6.91. The molecule has 0 aliphatic carbocycles. The summed E-state index contributed by atoms with van der Waals surface area (Å²) in [5.41, 5.74) is 2.54. The lowest BCUT2D eigenvalue weighted by Gasteiger charge is -2.33. The highest BCUT2D eigenvalue weighted by Gasteiger charge is 2.27. The second-order valence-electron chi connectivity index (χ2n) is 6.52. The zero-order chi connectivity index (χ0) is 18.6. The molecule has 0 aromatic carbocycles. The molecule has 4 heterocycles. The topological polar surface area (TPSA) is 96.4 Å². The maximum Gasteiger partial charge on any atom is 0.257 e. The number of morpholine rings is 1. The van der Waals surface area contributed by atoms with Crippen LogP contribution in [0.1, 0.15) is 28.5 Å². The van der Waals surface area contributed by atoms with Crippen molar-refractivity contribution in [3.8, 4) is 0 Å². The number of nitrogens with one attached hydrogen (secondary N) is 1. The summed E-state index contributed by atoms with van der Waals surface area (Å²) >= 11 is 0. The molecule has 1 saturated heterocycles. The molecule has 9 nitrogen and oxygen atoms in total. The van der Waals surface area contributed by atoms with Gasteiger partial charge in [-0.3, -0.25) is 4.79 Å². The molecule has 2 aliphatic rings. The number of ether oxygens (including phenoxy) is 1. The van der Waals surface area contributed by atoms with Crippen molar-refractivity contribution in [1.82, 2.24) is 24.8 Å². The Balaban J connectivity index is 1.50. The van der Waals surface area contributed by atoms with Gasteiger partial charge in [-0.25, -0.2) is 19.9 Å². The van der Waals surface area contributed by atoms with Gasteiger partial charge in [0.1, 0.15) is 12.1 Å². The van der Waals surface area contributed by atoms with Crippen LogP contribution in [0.2, 0.25) is 0 Å². The number of amides is 1. The molecule has 9 heteroatoms. The Morgan fingerprint density at radius 3 is 2.67 bits per heavy atom. The molecule has 0 atom stereocenters. The lowest BCUT2D eigenvalue weighted by Crippen LogP contribution is -2.40. The van der Waals surface area contributed by atoms with Crippen molar-refractivity contribution >= 4 is 17.7 Å². The van der Waals surface area contributed by atoms with E-state index in [-0.39, 0.29) is 5.91 Å². The summed E-state index contributed by atoms with van der Waals surface area (Å²) < 4.78 is 5.43. The van der Waals surface area contributed by atoms with Crippen LogP contribution < -0.4 is 10.2 Å². The number of carbonyl (C=O) groups excluding carboxylic acids is 1. The first-order valence-corrected chi connectivity index (χ1v) is 9.27. The number of anilines is 2. The largest absolute Gasteiger partial charge is 0.378 e. The van der Waals surface area contributed by atoms with Crippen LogP contribution in [0.15, 0.2) is 18.7 Å². The highest BCUT2D eigenvalue weighted by atomic mass is 16.5. The molecule has 0 saturated carbocycles. The van der Waals surface area contributed by atoms with Gasteiger partial charge in [-0.15, -0.1) is 0 Å². The van der Waals surface area contributed by atoms with E-state index >= 15 is 0 Å². The molecule has 0 spiro atoms. The third kappa shape index (κ3) is 3.68. The molecule has 4 rings (SSSR count). The minimum Gasteiger partial charge on any atom is -0.378 e. The Kier molecular flexibility index (Phi) is 5.10. The van der Waals surface area contributed by atoms with E-state index in [0.717, 1.165) is 43.1 Å². The fourth-order valence-corrected chi connectivity index (χ4v) is 3.43. The fraction of sp³-hybridized carbons (Fsp3) is 0.500. The third-order valence-electron chi connectivity index (χ3n) is 4.82. The molecule has 2 aromatic rings. The minimum atomic E-state index is -0.0739. The Bertz CT molecular complexity index is 806.